The van der Waals surface area contributed by atoms with E-state index >= 15 is 0 Å². The smallest absolute Gasteiger partial charge is 0.0847 e. The van der Waals surface area contributed by atoms with Crippen molar-refractivity contribution in [3.63, 3.8) is 0 Å². The van der Waals surface area contributed by atoms with E-state index in [0.717, 1.165) is 48.1 Å². The maximum Gasteiger partial charge on any atom is 0.0847 e. The van der Waals surface area contributed by atoms with Crippen LogP contribution in [0.5, 0.6) is 0 Å². The Labute approximate surface area is 134 Å². The van der Waals surface area contributed by atoms with Crippen LogP contribution in [0.15, 0.2) is 0 Å². The molecule has 0 bridgehead atoms. The first kappa shape index (κ1) is 16.8. The molecule has 3 nitrogen and oxygen atoms in total. The fourth-order valence-corrected chi connectivity index (χ4v) is 3.81. The van der Waals surface area contributed by atoms with Crippen LogP contribution in [0.1, 0.15) is 64.8 Å². The molecule has 120 valence electrons. The van der Waals surface area contributed by atoms with Crippen LogP contribution in [0.2, 0.25) is 5.02 Å². The minimum atomic E-state index is -0.120. The first-order chi connectivity index (χ1) is 9.66. The fraction of sp³-hybridized carbons (Fsp3) is 0.824. The van der Waals surface area contributed by atoms with Crippen LogP contribution in [0, 0.1) is 18.3 Å². The molecule has 0 saturated heterocycles. The number of nitrogens with zero attached hydrogens (tertiary/aromatic N) is 2. The summed E-state index contributed by atoms with van der Waals surface area (Å²) >= 11 is 6.44. The Morgan fingerprint density at radius 2 is 1.90 bits per heavy atom. The first-order valence-corrected chi connectivity index (χ1v) is 8.55. The van der Waals surface area contributed by atoms with Crippen molar-refractivity contribution >= 4 is 11.6 Å². The summed E-state index contributed by atoms with van der Waals surface area (Å²) in [4.78, 5) is 0. The number of nitrogens with two attached hydrogens (primary N) is 1. The average Bonchev–Trinajstić information content (AvgIpc) is 2.65. The van der Waals surface area contributed by atoms with Gasteiger partial charge in [-0.05, 0) is 50.9 Å². The highest BCUT2D eigenvalue weighted by molar-refractivity contribution is 6.31. The van der Waals surface area contributed by atoms with E-state index in [2.05, 4.69) is 32.8 Å². The number of halogens is 1. The number of rotatable bonds is 3. The van der Waals surface area contributed by atoms with E-state index in [9.17, 15) is 0 Å². The van der Waals surface area contributed by atoms with Gasteiger partial charge in [-0.15, -0.1) is 0 Å². The molecule has 1 saturated carbocycles. The summed E-state index contributed by atoms with van der Waals surface area (Å²) in [6.45, 7) is 11.9. The van der Waals surface area contributed by atoms with E-state index in [1.165, 1.54) is 12.8 Å². The largest absolute Gasteiger partial charge is 0.325 e. The van der Waals surface area contributed by atoms with Gasteiger partial charge in [-0.25, -0.2) is 0 Å². The lowest BCUT2D eigenvalue weighted by Gasteiger charge is -2.42. The van der Waals surface area contributed by atoms with Crippen LogP contribution in [0.25, 0.3) is 0 Å². The standard InChI is InChI=1S/C17H30ClN3/c1-6-21-14(15(18)12(2)20-21)11-17(19)9-7-13(8-10-17)16(3,4)5/h13H,6-11,19H2,1-5H3. The fourth-order valence-electron chi connectivity index (χ4n) is 3.61. The first-order valence-electron chi connectivity index (χ1n) is 8.17. The molecule has 1 heterocycles. The van der Waals surface area contributed by atoms with Crippen LogP contribution in [0.3, 0.4) is 0 Å². The van der Waals surface area contributed by atoms with E-state index in [0.29, 0.717) is 5.41 Å². The van der Waals surface area contributed by atoms with Crippen molar-refractivity contribution in [2.45, 2.75) is 78.8 Å². The molecule has 1 aliphatic carbocycles. The summed E-state index contributed by atoms with van der Waals surface area (Å²) in [6.07, 6.45) is 5.45. The summed E-state index contributed by atoms with van der Waals surface area (Å²) in [7, 11) is 0. The molecule has 0 atom stereocenters. The maximum atomic E-state index is 6.70. The lowest BCUT2D eigenvalue weighted by molar-refractivity contribution is 0.133. The SMILES string of the molecule is CCn1nc(C)c(Cl)c1CC1(N)CCC(C(C)(C)C)CC1. The Hall–Kier alpha value is -0.540. The number of hydrogen-bond donors (Lipinski definition) is 1. The highest BCUT2D eigenvalue weighted by atomic mass is 35.5. The van der Waals surface area contributed by atoms with Gasteiger partial charge in [0.2, 0.25) is 0 Å². The molecule has 0 aliphatic heterocycles. The summed E-state index contributed by atoms with van der Waals surface area (Å²) in [5, 5.41) is 5.31. The van der Waals surface area contributed by atoms with Crippen LogP contribution in [-0.4, -0.2) is 15.3 Å². The number of aromatic nitrogens is 2. The zero-order valence-electron chi connectivity index (χ0n) is 14.2. The molecule has 0 amide bonds. The van der Waals surface area contributed by atoms with Crippen molar-refractivity contribution in [2.24, 2.45) is 17.1 Å². The molecule has 1 aromatic heterocycles. The van der Waals surface area contributed by atoms with Crippen molar-refractivity contribution in [2.75, 3.05) is 0 Å². The molecule has 0 unspecified atom stereocenters. The Morgan fingerprint density at radius 1 is 1.33 bits per heavy atom. The number of hydrogen-bond acceptors (Lipinski definition) is 2. The molecule has 4 heteroatoms. The summed E-state index contributed by atoms with van der Waals surface area (Å²) in [5.41, 5.74) is 9.00. The molecule has 1 aliphatic rings. The molecule has 1 fully saturated rings. The lowest BCUT2D eigenvalue weighted by atomic mass is 9.66. The van der Waals surface area contributed by atoms with Gasteiger partial charge >= 0.3 is 0 Å². The van der Waals surface area contributed by atoms with E-state index in [4.69, 9.17) is 17.3 Å². The third-order valence-electron chi connectivity index (χ3n) is 5.18. The monoisotopic (exact) mass is 311 g/mol. The lowest BCUT2D eigenvalue weighted by Crippen LogP contribution is -2.47. The van der Waals surface area contributed by atoms with Gasteiger partial charge < -0.3 is 5.73 Å². The van der Waals surface area contributed by atoms with Gasteiger partial charge in [-0.1, -0.05) is 32.4 Å². The molecule has 0 spiro atoms. The van der Waals surface area contributed by atoms with Crippen LogP contribution in [0.4, 0.5) is 0 Å². The van der Waals surface area contributed by atoms with Crippen LogP contribution >= 0.6 is 11.6 Å². The highest BCUT2D eigenvalue weighted by Gasteiger charge is 2.37. The Morgan fingerprint density at radius 3 is 2.38 bits per heavy atom. The second-order valence-corrected chi connectivity index (χ2v) is 8.22. The zero-order valence-corrected chi connectivity index (χ0v) is 14.9. The Balaban J connectivity index is 2.10. The highest BCUT2D eigenvalue weighted by Crippen LogP contribution is 2.42. The summed E-state index contributed by atoms with van der Waals surface area (Å²) in [6, 6.07) is 0. The van der Waals surface area contributed by atoms with Crippen molar-refractivity contribution in [1.29, 1.82) is 0 Å². The maximum absolute atomic E-state index is 6.70. The average molecular weight is 312 g/mol. The third-order valence-corrected chi connectivity index (χ3v) is 5.67. The predicted molar refractivity (Wildman–Crippen MR) is 89.7 cm³/mol. The molecular weight excluding hydrogens is 282 g/mol. The minimum Gasteiger partial charge on any atom is -0.325 e. The van der Waals surface area contributed by atoms with Crippen molar-refractivity contribution in [3.8, 4) is 0 Å². The predicted octanol–water partition coefficient (Wildman–Crippen LogP) is 4.34. The topological polar surface area (TPSA) is 43.8 Å². The van der Waals surface area contributed by atoms with Crippen molar-refractivity contribution in [3.05, 3.63) is 16.4 Å². The molecule has 2 rings (SSSR count). The molecule has 0 radical (unpaired) electrons. The second kappa shape index (κ2) is 5.92. The van der Waals surface area contributed by atoms with Crippen molar-refractivity contribution in [1.82, 2.24) is 9.78 Å². The summed E-state index contributed by atoms with van der Waals surface area (Å²) < 4.78 is 2.02. The van der Waals surface area contributed by atoms with Gasteiger partial charge in [0.05, 0.1) is 16.4 Å². The normalized spacial score (nSPS) is 27.1. The van der Waals surface area contributed by atoms with E-state index in [-0.39, 0.29) is 5.54 Å². The van der Waals surface area contributed by atoms with Gasteiger partial charge in [-0.3, -0.25) is 4.68 Å². The minimum absolute atomic E-state index is 0.120. The molecule has 2 N–H and O–H groups in total. The van der Waals surface area contributed by atoms with Gasteiger partial charge in [0.15, 0.2) is 0 Å². The third kappa shape index (κ3) is 3.62. The van der Waals surface area contributed by atoms with E-state index in [1.54, 1.807) is 0 Å². The van der Waals surface area contributed by atoms with E-state index in [1.807, 2.05) is 11.6 Å². The van der Waals surface area contributed by atoms with Crippen LogP contribution in [-0.2, 0) is 13.0 Å². The molecule has 0 aromatic carbocycles. The van der Waals surface area contributed by atoms with Crippen LogP contribution < -0.4 is 5.73 Å². The molecule has 21 heavy (non-hydrogen) atoms. The Bertz CT molecular complexity index is 491. The molecular formula is C17H30ClN3. The van der Waals surface area contributed by atoms with Gasteiger partial charge in [0.25, 0.3) is 0 Å². The van der Waals surface area contributed by atoms with Gasteiger partial charge in [0.1, 0.15) is 0 Å². The van der Waals surface area contributed by atoms with E-state index < -0.39 is 0 Å². The summed E-state index contributed by atoms with van der Waals surface area (Å²) in [5.74, 6) is 0.780. The number of aryl methyl sites for hydroxylation is 2. The van der Waals surface area contributed by atoms with Gasteiger partial charge in [0, 0.05) is 18.5 Å². The van der Waals surface area contributed by atoms with Crippen molar-refractivity contribution < 1.29 is 0 Å². The Kier molecular flexibility index (Phi) is 4.75. The second-order valence-electron chi connectivity index (χ2n) is 7.84. The zero-order chi connectivity index (χ0) is 15.8. The molecule has 1 aromatic rings. The van der Waals surface area contributed by atoms with Gasteiger partial charge in [-0.2, -0.15) is 5.10 Å². The quantitative estimate of drug-likeness (QED) is 0.902.